The van der Waals surface area contributed by atoms with E-state index in [4.69, 9.17) is 0 Å². The first-order chi connectivity index (χ1) is 9.77. The van der Waals surface area contributed by atoms with Gasteiger partial charge in [0.25, 0.3) is 5.91 Å². The van der Waals surface area contributed by atoms with E-state index in [0.717, 1.165) is 16.1 Å². The minimum Gasteiger partial charge on any atom is -0.322 e. The van der Waals surface area contributed by atoms with Crippen molar-refractivity contribution < 1.29 is 4.79 Å². The van der Waals surface area contributed by atoms with Gasteiger partial charge in [-0.3, -0.25) is 4.79 Å². The second kappa shape index (κ2) is 5.94. The van der Waals surface area contributed by atoms with Crippen LogP contribution in [-0.4, -0.2) is 5.91 Å². The van der Waals surface area contributed by atoms with Crippen LogP contribution >= 0.6 is 12.6 Å². The molecule has 110 valence electrons. The highest BCUT2D eigenvalue weighted by atomic mass is 32.1. The lowest BCUT2D eigenvalue weighted by Crippen LogP contribution is -2.14. The fraction of sp³-hybridized carbons (Fsp3) is 0.278. The van der Waals surface area contributed by atoms with Crippen molar-refractivity contribution in [3.63, 3.8) is 0 Å². The number of nitrogens with one attached hydrogen (secondary N) is 1. The third-order valence-electron chi connectivity index (χ3n) is 3.47. The second-order valence-electron chi connectivity index (χ2n) is 6.28. The molecule has 2 aromatic rings. The Hall–Kier alpha value is -1.74. The van der Waals surface area contributed by atoms with Crippen LogP contribution in [0.15, 0.2) is 47.4 Å². The number of hydrogen-bond acceptors (Lipinski definition) is 2. The predicted molar refractivity (Wildman–Crippen MR) is 91.5 cm³/mol. The first kappa shape index (κ1) is 15.6. The maximum atomic E-state index is 12.3. The van der Waals surface area contributed by atoms with Gasteiger partial charge in [0.2, 0.25) is 0 Å². The van der Waals surface area contributed by atoms with E-state index in [1.165, 1.54) is 5.56 Å². The molecule has 0 atom stereocenters. The molecular weight excluding hydrogens is 278 g/mol. The molecule has 2 nitrogen and oxygen atoms in total. The standard InChI is InChI=1S/C18H21NOS/c1-12-5-10-15(21)11-16(12)17(20)19-14-8-6-13(7-9-14)18(2,3)4/h5-11,21H,1-4H3,(H,19,20). The third-order valence-corrected chi connectivity index (χ3v) is 3.75. The average Bonchev–Trinajstić information content (AvgIpc) is 2.41. The van der Waals surface area contributed by atoms with Gasteiger partial charge in [0, 0.05) is 16.1 Å². The second-order valence-corrected chi connectivity index (χ2v) is 6.80. The zero-order chi connectivity index (χ0) is 15.6. The van der Waals surface area contributed by atoms with Gasteiger partial charge >= 0.3 is 0 Å². The maximum Gasteiger partial charge on any atom is 0.255 e. The van der Waals surface area contributed by atoms with Crippen molar-refractivity contribution in [2.75, 3.05) is 5.32 Å². The minimum absolute atomic E-state index is 0.105. The van der Waals surface area contributed by atoms with Crippen LogP contribution in [0.1, 0.15) is 42.3 Å². The van der Waals surface area contributed by atoms with Crippen molar-refractivity contribution >= 4 is 24.2 Å². The lowest BCUT2D eigenvalue weighted by atomic mass is 9.87. The molecule has 0 heterocycles. The predicted octanol–water partition coefficient (Wildman–Crippen LogP) is 4.83. The van der Waals surface area contributed by atoms with Crippen molar-refractivity contribution in [3.05, 3.63) is 59.2 Å². The van der Waals surface area contributed by atoms with Crippen LogP contribution in [0.4, 0.5) is 5.69 Å². The van der Waals surface area contributed by atoms with Crippen LogP contribution in [0.2, 0.25) is 0 Å². The van der Waals surface area contributed by atoms with E-state index in [1.807, 2.05) is 31.2 Å². The summed E-state index contributed by atoms with van der Waals surface area (Å²) < 4.78 is 0. The van der Waals surface area contributed by atoms with Gasteiger partial charge in [-0.1, -0.05) is 39.0 Å². The van der Waals surface area contributed by atoms with Gasteiger partial charge < -0.3 is 5.32 Å². The summed E-state index contributed by atoms with van der Waals surface area (Å²) in [6.45, 7) is 8.43. The number of benzene rings is 2. The summed E-state index contributed by atoms with van der Waals surface area (Å²) in [5, 5.41) is 2.93. The number of thiol groups is 1. The van der Waals surface area contributed by atoms with Crippen molar-refractivity contribution in [2.45, 2.75) is 38.0 Å². The molecule has 0 bridgehead atoms. The molecule has 0 saturated heterocycles. The number of hydrogen-bond donors (Lipinski definition) is 2. The summed E-state index contributed by atoms with van der Waals surface area (Å²) in [4.78, 5) is 13.1. The van der Waals surface area contributed by atoms with E-state index in [2.05, 4.69) is 50.8 Å². The molecule has 21 heavy (non-hydrogen) atoms. The SMILES string of the molecule is Cc1ccc(S)cc1C(=O)Nc1ccc(C(C)(C)C)cc1. The zero-order valence-corrected chi connectivity index (χ0v) is 13.8. The van der Waals surface area contributed by atoms with Gasteiger partial charge in [0.15, 0.2) is 0 Å². The Kier molecular flexibility index (Phi) is 4.43. The Morgan fingerprint density at radius 1 is 1.05 bits per heavy atom. The summed E-state index contributed by atoms with van der Waals surface area (Å²) in [7, 11) is 0. The highest BCUT2D eigenvalue weighted by Gasteiger charge is 2.14. The largest absolute Gasteiger partial charge is 0.322 e. The number of rotatable bonds is 2. The molecule has 1 N–H and O–H groups in total. The van der Waals surface area contributed by atoms with Crippen LogP contribution in [0.3, 0.4) is 0 Å². The smallest absolute Gasteiger partial charge is 0.255 e. The summed E-state index contributed by atoms with van der Waals surface area (Å²) >= 11 is 4.29. The summed E-state index contributed by atoms with van der Waals surface area (Å²) in [5.41, 5.74) is 3.75. The average molecular weight is 299 g/mol. The Labute approximate surface area is 132 Å². The van der Waals surface area contributed by atoms with Crippen LogP contribution in [-0.2, 0) is 5.41 Å². The monoisotopic (exact) mass is 299 g/mol. The topological polar surface area (TPSA) is 29.1 Å². The molecule has 0 saturated carbocycles. The molecule has 0 aromatic heterocycles. The number of carbonyl (C=O) groups is 1. The quantitative estimate of drug-likeness (QED) is 0.764. The molecule has 0 fully saturated rings. The lowest BCUT2D eigenvalue weighted by molar-refractivity contribution is 0.102. The Balaban J connectivity index is 2.18. The molecule has 0 radical (unpaired) electrons. The first-order valence-electron chi connectivity index (χ1n) is 6.99. The van der Waals surface area contributed by atoms with Crippen LogP contribution in [0.25, 0.3) is 0 Å². The number of anilines is 1. The van der Waals surface area contributed by atoms with Crippen molar-refractivity contribution in [2.24, 2.45) is 0 Å². The molecule has 2 aromatic carbocycles. The lowest BCUT2D eigenvalue weighted by Gasteiger charge is -2.19. The Morgan fingerprint density at radius 2 is 1.67 bits per heavy atom. The molecule has 0 unspecified atom stereocenters. The summed E-state index contributed by atoms with van der Waals surface area (Å²) in [6.07, 6.45) is 0. The van der Waals surface area contributed by atoms with Gasteiger partial charge in [0.1, 0.15) is 0 Å². The van der Waals surface area contributed by atoms with E-state index in [9.17, 15) is 4.79 Å². The number of amides is 1. The van der Waals surface area contributed by atoms with E-state index >= 15 is 0 Å². The molecule has 0 spiro atoms. The van der Waals surface area contributed by atoms with Crippen LogP contribution in [0, 0.1) is 6.92 Å². The van der Waals surface area contributed by atoms with E-state index in [0.29, 0.717) is 5.56 Å². The number of carbonyl (C=O) groups excluding carboxylic acids is 1. The molecule has 0 aliphatic rings. The van der Waals surface area contributed by atoms with Crippen LogP contribution < -0.4 is 5.32 Å². The van der Waals surface area contributed by atoms with Gasteiger partial charge in [-0.15, -0.1) is 12.6 Å². The third kappa shape index (κ3) is 3.88. The summed E-state index contributed by atoms with van der Waals surface area (Å²) in [6, 6.07) is 13.6. The highest BCUT2D eigenvalue weighted by molar-refractivity contribution is 7.80. The minimum atomic E-state index is -0.105. The first-order valence-corrected chi connectivity index (χ1v) is 7.43. The normalized spacial score (nSPS) is 11.3. The number of aryl methyl sites for hydroxylation is 1. The zero-order valence-electron chi connectivity index (χ0n) is 12.9. The Morgan fingerprint density at radius 3 is 2.24 bits per heavy atom. The Bertz CT molecular complexity index is 654. The fourth-order valence-corrected chi connectivity index (χ4v) is 2.31. The van der Waals surface area contributed by atoms with Gasteiger partial charge in [-0.25, -0.2) is 0 Å². The molecule has 1 amide bonds. The van der Waals surface area contributed by atoms with Gasteiger partial charge in [0.05, 0.1) is 0 Å². The molecule has 0 aliphatic carbocycles. The van der Waals surface area contributed by atoms with Crippen molar-refractivity contribution in [3.8, 4) is 0 Å². The van der Waals surface area contributed by atoms with E-state index < -0.39 is 0 Å². The maximum absolute atomic E-state index is 12.3. The van der Waals surface area contributed by atoms with E-state index in [-0.39, 0.29) is 11.3 Å². The van der Waals surface area contributed by atoms with Gasteiger partial charge in [-0.2, -0.15) is 0 Å². The van der Waals surface area contributed by atoms with Crippen molar-refractivity contribution in [1.82, 2.24) is 0 Å². The van der Waals surface area contributed by atoms with Crippen LogP contribution in [0.5, 0.6) is 0 Å². The van der Waals surface area contributed by atoms with Gasteiger partial charge in [-0.05, 0) is 47.7 Å². The molecule has 2 rings (SSSR count). The van der Waals surface area contributed by atoms with E-state index in [1.54, 1.807) is 6.07 Å². The van der Waals surface area contributed by atoms with Crippen molar-refractivity contribution in [1.29, 1.82) is 0 Å². The highest BCUT2D eigenvalue weighted by Crippen LogP contribution is 2.24. The summed E-state index contributed by atoms with van der Waals surface area (Å²) in [5.74, 6) is -0.105. The molecular formula is C18H21NOS. The molecule has 3 heteroatoms. The molecule has 0 aliphatic heterocycles. The fourth-order valence-electron chi connectivity index (χ4n) is 2.11.